The van der Waals surface area contributed by atoms with Crippen molar-refractivity contribution >= 4 is 40.5 Å². The maximum atomic E-state index is 6.15. The Morgan fingerprint density at radius 3 is 2.53 bits per heavy atom. The molecular weight excluding hydrogens is 277 g/mol. The molecule has 1 N–H and O–H groups in total. The van der Waals surface area contributed by atoms with Crippen molar-refractivity contribution in [3.8, 4) is 11.1 Å². The Morgan fingerprint density at radius 1 is 1.06 bits per heavy atom. The minimum atomic E-state index is 0.521. The first-order chi connectivity index (χ1) is 8.11. The lowest BCUT2D eigenvalue weighted by molar-refractivity contribution is 1.50. The summed E-state index contributed by atoms with van der Waals surface area (Å²) in [5.41, 5.74) is 2.53. The van der Waals surface area contributed by atoms with Crippen LogP contribution in [0, 0.1) is 6.07 Å². The number of halogens is 3. The molecule has 1 radical (unpaired) electrons. The molecule has 0 bridgehead atoms. The standard InChI is InChI=1S/C13H9Cl3N/c1-17-9-3-5-13(16)11(7-9)10-6-8(14)2-4-12(10)15/h2-4,6-7,17H,1H3. The molecule has 4 heteroatoms. The van der Waals surface area contributed by atoms with Crippen molar-refractivity contribution in [3.05, 3.63) is 51.5 Å². The molecule has 1 nitrogen and oxygen atoms in total. The highest BCUT2D eigenvalue weighted by Crippen LogP contribution is 2.36. The topological polar surface area (TPSA) is 12.0 Å². The average Bonchev–Trinajstić information content (AvgIpc) is 2.33. The monoisotopic (exact) mass is 284 g/mol. The summed E-state index contributed by atoms with van der Waals surface area (Å²) in [7, 11) is 1.83. The Labute approximate surface area is 115 Å². The summed E-state index contributed by atoms with van der Waals surface area (Å²) in [4.78, 5) is 0. The van der Waals surface area contributed by atoms with Gasteiger partial charge in [0.2, 0.25) is 0 Å². The van der Waals surface area contributed by atoms with Gasteiger partial charge in [0.25, 0.3) is 0 Å². The number of rotatable bonds is 2. The molecule has 0 saturated heterocycles. The summed E-state index contributed by atoms with van der Waals surface area (Å²) in [5.74, 6) is 0. The van der Waals surface area contributed by atoms with E-state index in [9.17, 15) is 0 Å². The zero-order valence-corrected chi connectivity index (χ0v) is 11.3. The number of anilines is 1. The van der Waals surface area contributed by atoms with Gasteiger partial charge in [-0.2, -0.15) is 0 Å². The minimum Gasteiger partial charge on any atom is -0.388 e. The van der Waals surface area contributed by atoms with Crippen LogP contribution in [0.2, 0.25) is 15.1 Å². The predicted octanol–water partition coefficient (Wildman–Crippen LogP) is 5.16. The van der Waals surface area contributed by atoms with Gasteiger partial charge in [0.1, 0.15) is 0 Å². The normalized spacial score (nSPS) is 10.4. The fourth-order valence-corrected chi connectivity index (χ4v) is 2.13. The van der Waals surface area contributed by atoms with Crippen LogP contribution < -0.4 is 5.32 Å². The molecule has 0 unspecified atom stereocenters. The van der Waals surface area contributed by atoms with Gasteiger partial charge in [-0.05, 0) is 30.3 Å². The zero-order valence-electron chi connectivity index (χ0n) is 9.02. The molecule has 0 aliphatic rings. The molecule has 0 amide bonds. The van der Waals surface area contributed by atoms with Crippen LogP contribution in [-0.4, -0.2) is 7.05 Å². The van der Waals surface area contributed by atoms with Gasteiger partial charge in [-0.15, -0.1) is 0 Å². The Balaban J connectivity index is 2.62. The summed E-state index contributed by atoms with van der Waals surface area (Å²) in [5, 5.41) is 4.78. The van der Waals surface area contributed by atoms with Gasteiger partial charge >= 0.3 is 0 Å². The van der Waals surface area contributed by atoms with Crippen molar-refractivity contribution in [1.29, 1.82) is 0 Å². The molecule has 2 aromatic carbocycles. The summed E-state index contributed by atoms with van der Waals surface area (Å²) in [6.45, 7) is 0. The third-order valence-electron chi connectivity index (χ3n) is 2.40. The van der Waals surface area contributed by atoms with E-state index in [1.165, 1.54) is 0 Å². The van der Waals surface area contributed by atoms with Crippen molar-refractivity contribution in [2.24, 2.45) is 0 Å². The predicted molar refractivity (Wildman–Crippen MR) is 75.3 cm³/mol. The molecule has 0 fully saturated rings. The average molecular weight is 286 g/mol. The van der Waals surface area contributed by atoms with Crippen LogP contribution in [0.25, 0.3) is 11.1 Å². The maximum Gasteiger partial charge on any atom is 0.0565 e. The van der Waals surface area contributed by atoms with Crippen molar-refractivity contribution in [1.82, 2.24) is 0 Å². The summed E-state index contributed by atoms with van der Waals surface area (Å²) in [6, 6.07) is 11.9. The van der Waals surface area contributed by atoms with E-state index in [1.807, 2.05) is 13.1 Å². The third-order valence-corrected chi connectivity index (χ3v) is 3.28. The molecule has 87 valence electrons. The molecule has 2 aromatic rings. The Morgan fingerprint density at radius 2 is 1.82 bits per heavy atom. The molecule has 0 aromatic heterocycles. The summed E-state index contributed by atoms with van der Waals surface area (Å²) in [6.07, 6.45) is 0. The van der Waals surface area contributed by atoms with E-state index in [4.69, 9.17) is 34.8 Å². The van der Waals surface area contributed by atoms with Crippen LogP contribution in [0.1, 0.15) is 0 Å². The minimum absolute atomic E-state index is 0.521. The number of hydrogen-bond acceptors (Lipinski definition) is 1. The van der Waals surface area contributed by atoms with Gasteiger partial charge in [-0.25, -0.2) is 0 Å². The number of benzene rings is 2. The van der Waals surface area contributed by atoms with Gasteiger partial charge in [0.15, 0.2) is 0 Å². The smallest absolute Gasteiger partial charge is 0.0565 e. The molecule has 0 heterocycles. The van der Waals surface area contributed by atoms with Gasteiger partial charge in [0, 0.05) is 40.0 Å². The van der Waals surface area contributed by atoms with E-state index in [-0.39, 0.29) is 0 Å². The quantitative estimate of drug-likeness (QED) is 0.804. The van der Waals surface area contributed by atoms with E-state index in [2.05, 4.69) is 11.4 Å². The molecule has 0 saturated carbocycles. The van der Waals surface area contributed by atoms with E-state index in [0.717, 1.165) is 16.8 Å². The van der Waals surface area contributed by atoms with Crippen LogP contribution >= 0.6 is 34.8 Å². The Hall–Kier alpha value is -0.890. The highest BCUT2D eigenvalue weighted by atomic mass is 35.5. The van der Waals surface area contributed by atoms with Crippen molar-refractivity contribution < 1.29 is 0 Å². The van der Waals surface area contributed by atoms with Gasteiger partial charge in [0.05, 0.1) is 5.02 Å². The van der Waals surface area contributed by atoms with E-state index < -0.39 is 0 Å². The molecule has 0 atom stereocenters. The molecule has 0 spiro atoms. The fourth-order valence-electron chi connectivity index (χ4n) is 1.52. The van der Waals surface area contributed by atoms with Crippen LogP contribution in [-0.2, 0) is 0 Å². The Kier molecular flexibility index (Phi) is 3.82. The second kappa shape index (κ2) is 5.18. The van der Waals surface area contributed by atoms with Crippen LogP contribution in [0.15, 0.2) is 30.3 Å². The molecule has 2 rings (SSSR count). The van der Waals surface area contributed by atoms with Gasteiger partial charge in [-0.1, -0.05) is 34.8 Å². The second-order valence-electron chi connectivity index (χ2n) is 3.49. The molecule has 0 aliphatic carbocycles. The molecular formula is C13H9Cl3N. The van der Waals surface area contributed by atoms with Crippen molar-refractivity contribution in [3.63, 3.8) is 0 Å². The SMILES string of the molecule is CNc1c[c]c(Cl)c(-c2cc(Cl)ccc2Cl)c1. The van der Waals surface area contributed by atoms with Crippen LogP contribution in [0.5, 0.6) is 0 Å². The number of nitrogens with one attached hydrogen (secondary N) is 1. The first-order valence-corrected chi connectivity index (χ1v) is 6.09. The molecule has 17 heavy (non-hydrogen) atoms. The fraction of sp³-hybridized carbons (Fsp3) is 0.0769. The van der Waals surface area contributed by atoms with Crippen molar-refractivity contribution in [2.45, 2.75) is 0 Å². The second-order valence-corrected chi connectivity index (χ2v) is 4.71. The number of hydrogen-bond donors (Lipinski definition) is 1. The summed E-state index contributed by atoms with van der Waals surface area (Å²) < 4.78 is 0. The largest absolute Gasteiger partial charge is 0.388 e. The highest BCUT2D eigenvalue weighted by molar-refractivity contribution is 6.37. The zero-order chi connectivity index (χ0) is 12.4. The van der Waals surface area contributed by atoms with Crippen LogP contribution in [0.3, 0.4) is 0 Å². The van der Waals surface area contributed by atoms with E-state index in [1.54, 1.807) is 24.3 Å². The maximum absolute atomic E-state index is 6.15. The van der Waals surface area contributed by atoms with E-state index >= 15 is 0 Å². The van der Waals surface area contributed by atoms with Crippen LogP contribution in [0.4, 0.5) is 5.69 Å². The first kappa shape index (κ1) is 12.6. The third kappa shape index (κ3) is 2.68. The van der Waals surface area contributed by atoms with Gasteiger partial charge in [-0.3, -0.25) is 0 Å². The molecule has 0 aliphatic heterocycles. The highest BCUT2D eigenvalue weighted by Gasteiger charge is 2.09. The Bertz CT molecular complexity index is 552. The van der Waals surface area contributed by atoms with E-state index in [0.29, 0.717) is 15.1 Å². The lowest BCUT2D eigenvalue weighted by Gasteiger charge is -2.09. The lowest BCUT2D eigenvalue weighted by Crippen LogP contribution is -1.89. The summed E-state index contributed by atoms with van der Waals surface area (Å²) >= 11 is 18.2. The first-order valence-electron chi connectivity index (χ1n) is 4.96. The lowest BCUT2D eigenvalue weighted by atomic mass is 10.0. The van der Waals surface area contributed by atoms with Gasteiger partial charge < -0.3 is 5.32 Å². The van der Waals surface area contributed by atoms with Crippen molar-refractivity contribution in [2.75, 3.05) is 12.4 Å².